The van der Waals surface area contributed by atoms with Crippen LogP contribution in [-0.2, 0) is 29.9 Å². The van der Waals surface area contributed by atoms with Gasteiger partial charge in [-0.1, -0.05) is 97.1 Å². The Hall–Kier alpha value is -4.18. The molecule has 4 heteroatoms. The van der Waals surface area contributed by atoms with E-state index >= 15 is 0 Å². The number of fused-ring (bicyclic) bond motifs is 14. The number of ether oxygens (including phenoxy) is 2. The fourth-order valence-corrected chi connectivity index (χ4v) is 7.75. The van der Waals surface area contributed by atoms with Crippen molar-refractivity contribution in [3.05, 3.63) is 119 Å². The first-order valence-electron chi connectivity index (χ1n) is 12.2. The van der Waals surface area contributed by atoms with Crippen molar-refractivity contribution >= 4 is 11.9 Å². The quantitative estimate of drug-likeness (QED) is 0.349. The van der Waals surface area contributed by atoms with Crippen molar-refractivity contribution in [2.45, 2.75) is 22.7 Å². The summed E-state index contributed by atoms with van der Waals surface area (Å²) in [6.07, 6.45) is 0. The highest BCUT2D eigenvalue weighted by Crippen LogP contribution is 2.79. The summed E-state index contributed by atoms with van der Waals surface area (Å²) in [5, 5.41) is 0. The van der Waals surface area contributed by atoms with E-state index in [9.17, 15) is 9.59 Å². The summed E-state index contributed by atoms with van der Waals surface area (Å²) in [7, 11) is 2.83. The van der Waals surface area contributed by atoms with Gasteiger partial charge in [-0.25, -0.2) is 0 Å². The molecule has 176 valence electrons. The minimum atomic E-state index is -1.28. The van der Waals surface area contributed by atoms with Crippen molar-refractivity contribution in [3.8, 4) is 22.3 Å². The average molecular weight is 473 g/mol. The SMILES string of the molecule is COC(=O)[C@]12c3ccccc3-c3ccccc3[C@H]1[C@H]1c3ccccc3-c3ccccc3[C@]12C(=O)OC. The summed E-state index contributed by atoms with van der Waals surface area (Å²) in [6.45, 7) is 0. The van der Waals surface area contributed by atoms with Gasteiger partial charge < -0.3 is 9.47 Å². The molecule has 0 aromatic heterocycles. The zero-order valence-corrected chi connectivity index (χ0v) is 20.0. The van der Waals surface area contributed by atoms with Crippen LogP contribution >= 0.6 is 0 Å². The maximum Gasteiger partial charge on any atom is 0.318 e. The Morgan fingerprint density at radius 2 is 0.861 bits per heavy atom. The van der Waals surface area contributed by atoms with E-state index in [0.717, 1.165) is 44.5 Å². The van der Waals surface area contributed by atoms with Gasteiger partial charge in [0.1, 0.15) is 10.8 Å². The van der Waals surface area contributed by atoms with E-state index in [4.69, 9.17) is 9.47 Å². The number of benzene rings is 4. The van der Waals surface area contributed by atoms with E-state index in [-0.39, 0.29) is 11.8 Å². The van der Waals surface area contributed by atoms with Gasteiger partial charge >= 0.3 is 11.9 Å². The molecule has 4 aromatic carbocycles. The number of rotatable bonds is 2. The molecule has 0 radical (unpaired) electrons. The molecular formula is C32H24O4. The summed E-state index contributed by atoms with van der Waals surface area (Å²) < 4.78 is 11.2. The Morgan fingerprint density at radius 3 is 1.25 bits per heavy atom. The Bertz CT molecular complexity index is 1470. The van der Waals surface area contributed by atoms with Gasteiger partial charge in [0.05, 0.1) is 14.2 Å². The monoisotopic (exact) mass is 472 g/mol. The number of esters is 2. The molecule has 4 nitrogen and oxygen atoms in total. The summed E-state index contributed by atoms with van der Waals surface area (Å²) in [5.74, 6) is -1.43. The topological polar surface area (TPSA) is 52.6 Å². The van der Waals surface area contributed by atoms with E-state index in [0.29, 0.717) is 0 Å². The van der Waals surface area contributed by atoms with Gasteiger partial charge in [0.2, 0.25) is 0 Å². The van der Waals surface area contributed by atoms with Crippen LogP contribution in [-0.4, -0.2) is 26.2 Å². The van der Waals surface area contributed by atoms with Crippen molar-refractivity contribution < 1.29 is 19.1 Å². The second kappa shape index (κ2) is 7.17. The lowest BCUT2D eigenvalue weighted by Crippen LogP contribution is -2.76. The molecule has 7 rings (SSSR count). The Morgan fingerprint density at radius 1 is 0.528 bits per heavy atom. The zero-order valence-electron chi connectivity index (χ0n) is 20.0. The summed E-state index contributed by atoms with van der Waals surface area (Å²) in [5.41, 5.74) is 5.26. The van der Waals surface area contributed by atoms with Gasteiger partial charge in [0.15, 0.2) is 0 Å². The number of methoxy groups -OCH3 is 2. The number of hydrogen-bond acceptors (Lipinski definition) is 4. The molecule has 4 aromatic rings. The molecule has 0 saturated heterocycles. The minimum absolute atomic E-state index is 0.301. The van der Waals surface area contributed by atoms with Crippen LogP contribution < -0.4 is 0 Å². The van der Waals surface area contributed by atoms with Gasteiger partial charge in [-0.3, -0.25) is 9.59 Å². The van der Waals surface area contributed by atoms with Gasteiger partial charge in [-0.2, -0.15) is 0 Å². The molecule has 36 heavy (non-hydrogen) atoms. The lowest BCUT2D eigenvalue weighted by atomic mass is 9.29. The summed E-state index contributed by atoms with van der Waals surface area (Å²) in [6, 6.07) is 32.4. The van der Waals surface area contributed by atoms with Crippen molar-refractivity contribution in [2.75, 3.05) is 14.2 Å². The second-order valence-electron chi connectivity index (χ2n) is 9.82. The van der Waals surface area contributed by atoms with E-state index in [1.54, 1.807) is 0 Å². The molecule has 4 atom stereocenters. The molecule has 0 unspecified atom stereocenters. The number of hydrogen-bond donors (Lipinski definition) is 0. The van der Waals surface area contributed by atoms with E-state index in [1.807, 2.05) is 72.8 Å². The minimum Gasteiger partial charge on any atom is -0.468 e. The summed E-state index contributed by atoms with van der Waals surface area (Å²) >= 11 is 0. The Kier molecular flexibility index (Phi) is 4.21. The van der Waals surface area contributed by atoms with Gasteiger partial charge in [0.25, 0.3) is 0 Å². The van der Waals surface area contributed by atoms with E-state index < -0.39 is 22.8 Å². The molecule has 0 heterocycles. The van der Waals surface area contributed by atoms with E-state index in [1.165, 1.54) is 14.2 Å². The van der Waals surface area contributed by atoms with E-state index in [2.05, 4.69) is 24.3 Å². The highest BCUT2D eigenvalue weighted by Gasteiger charge is 2.84. The lowest BCUT2D eigenvalue weighted by molar-refractivity contribution is -0.179. The van der Waals surface area contributed by atoms with Crippen LogP contribution in [0.5, 0.6) is 0 Å². The molecule has 0 bridgehead atoms. The number of carbonyl (C=O) groups excluding carboxylic acids is 2. The van der Waals surface area contributed by atoms with Crippen LogP contribution in [0.25, 0.3) is 22.3 Å². The third-order valence-electron chi connectivity index (χ3n) is 8.78. The first kappa shape index (κ1) is 21.1. The lowest BCUT2D eigenvalue weighted by Gasteiger charge is -2.69. The van der Waals surface area contributed by atoms with Crippen LogP contribution in [0.1, 0.15) is 34.1 Å². The third-order valence-corrected chi connectivity index (χ3v) is 8.78. The Labute approximate surface area is 209 Å². The summed E-state index contributed by atoms with van der Waals surface area (Å²) in [4.78, 5) is 28.6. The molecule has 1 saturated carbocycles. The van der Waals surface area contributed by atoms with Gasteiger partial charge in [0, 0.05) is 11.8 Å². The molecule has 0 aliphatic heterocycles. The van der Waals surface area contributed by atoms with Crippen molar-refractivity contribution in [1.29, 1.82) is 0 Å². The molecule has 1 fully saturated rings. The zero-order chi connectivity index (χ0) is 24.7. The van der Waals surface area contributed by atoms with Gasteiger partial charge in [-0.05, 0) is 44.5 Å². The average Bonchev–Trinajstić information content (AvgIpc) is 2.93. The fourth-order valence-electron chi connectivity index (χ4n) is 7.75. The number of carbonyl (C=O) groups is 2. The largest absolute Gasteiger partial charge is 0.468 e. The molecule has 0 amide bonds. The maximum atomic E-state index is 14.3. The van der Waals surface area contributed by atoms with Gasteiger partial charge in [-0.15, -0.1) is 0 Å². The molecule has 0 N–H and O–H groups in total. The van der Waals surface area contributed by atoms with Crippen LogP contribution in [0.15, 0.2) is 97.1 Å². The third kappa shape index (κ3) is 2.09. The fraction of sp³-hybridized carbons (Fsp3) is 0.188. The maximum absolute atomic E-state index is 14.3. The van der Waals surface area contributed by atoms with Crippen LogP contribution in [0, 0.1) is 0 Å². The van der Waals surface area contributed by atoms with Crippen LogP contribution in [0.4, 0.5) is 0 Å². The first-order valence-corrected chi connectivity index (χ1v) is 12.2. The highest BCUT2D eigenvalue weighted by atomic mass is 16.5. The predicted molar refractivity (Wildman–Crippen MR) is 137 cm³/mol. The predicted octanol–water partition coefficient (Wildman–Crippen LogP) is 5.75. The van der Waals surface area contributed by atoms with Crippen molar-refractivity contribution in [1.82, 2.24) is 0 Å². The van der Waals surface area contributed by atoms with Crippen molar-refractivity contribution in [3.63, 3.8) is 0 Å². The Balaban J connectivity index is 1.71. The van der Waals surface area contributed by atoms with Crippen molar-refractivity contribution in [2.24, 2.45) is 0 Å². The van der Waals surface area contributed by atoms with Crippen LogP contribution in [0.3, 0.4) is 0 Å². The molecular weight excluding hydrogens is 448 g/mol. The standard InChI is InChI=1S/C32H24O4/c1-35-29(33)31-25-17-9-7-13-21(25)19-11-3-5-15-23(19)27(31)28-24-16-6-4-12-20(24)22-14-8-10-18-26(22)32(28,31)30(34)36-2/h3-18,27-28H,1-2H3/t27-,28+,31-,32+. The molecule has 3 aliphatic carbocycles. The second-order valence-corrected chi connectivity index (χ2v) is 9.82. The highest BCUT2D eigenvalue weighted by molar-refractivity contribution is 6.08. The molecule has 3 aliphatic rings. The normalized spacial score (nSPS) is 25.9. The van der Waals surface area contributed by atoms with Crippen LogP contribution in [0.2, 0.25) is 0 Å². The smallest absolute Gasteiger partial charge is 0.318 e. The first-order chi connectivity index (χ1) is 17.6. The molecule has 0 spiro atoms.